The number of rotatable bonds is 8. The number of carbonyl (C=O) groups excluding carboxylic acids is 1. The largest absolute Gasteiger partial charge is 0.494 e. The molecule has 1 aromatic heterocycles. The van der Waals surface area contributed by atoms with Gasteiger partial charge in [0, 0.05) is 12.8 Å². The molecule has 0 unspecified atom stereocenters. The summed E-state index contributed by atoms with van der Waals surface area (Å²) in [6.45, 7) is 4.39. The number of aromatic amines is 1. The third kappa shape index (κ3) is 5.48. The van der Waals surface area contributed by atoms with Gasteiger partial charge in [-0.3, -0.25) is 19.3 Å². The molecule has 2 N–H and O–H groups in total. The molecule has 0 amide bonds. The first-order valence-corrected chi connectivity index (χ1v) is 9.28. The van der Waals surface area contributed by atoms with E-state index in [1.807, 2.05) is 20.1 Å². The van der Waals surface area contributed by atoms with Crippen LogP contribution in [-0.2, 0) is 16.1 Å². The summed E-state index contributed by atoms with van der Waals surface area (Å²) in [6.07, 6.45) is 3.61. The highest BCUT2D eigenvalue weighted by Gasteiger charge is 2.18. The molecule has 0 fully saturated rings. The molecule has 0 spiro atoms. The predicted octanol–water partition coefficient (Wildman–Crippen LogP) is 1.98. The van der Waals surface area contributed by atoms with Crippen LogP contribution in [0.4, 0.5) is 0 Å². The maximum atomic E-state index is 12.1. The topological polar surface area (TPSA) is 96.7 Å². The Hall–Kier alpha value is -1.61. The average Bonchev–Trinajstić information content (AvgIpc) is 2.53. The number of thioether (sulfide) groups is 1. The number of esters is 1. The second kappa shape index (κ2) is 9.63. The van der Waals surface area contributed by atoms with Gasteiger partial charge in [-0.25, -0.2) is 4.79 Å². The second-order valence-electron chi connectivity index (χ2n) is 5.60. The Labute approximate surface area is 150 Å². The number of H-pyrrole nitrogens is 1. The summed E-state index contributed by atoms with van der Waals surface area (Å²) in [5.74, 6) is 0.210. The first kappa shape index (κ1) is 20.4. The Morgan fingerprint density at radius 1 is 1.54 bits per heavy atom. The van der Waals surface area contributed by atoms with Gasteiger partial charge in [0.1, 0.15) is 11.6 Å². The Balaban J connectivity index is 3.22. The van der Waals surface area contributed by atoms with Gasteiger partial charge in [-0.1, -0.05) is 13.8 Å². The van der Waals surface area contributed by atoms with E-state index in [0.717, 1.165) is 5.75 Å². The summed E-state index contributed by atoms with van der Waals surface area (Å²) >= 11 is 6.66. The van der Waals surface area contributed by atoms with Crippen LogP contribution in [0.2, 0.25) is 0 Å². The molecule has 1 rings (SSSR count). The van der Waals surface area contributed by atoms with E-state index in [9.17, 15) is 14.7 Å². The summed E-state index contributed by atoms with van der Waals surface area (Å²) in [7, 11) is 1.29. The fourth-order valence-electron chi connectivity index (χ4n) is 2.01. The van der Waals surface area contributed by atoms with E-state index in [2.05, 4.69) is 9.98 Å². The third-order valence-electron chi connectivity index (χ3n) is 3.21. The fourth-order valence-corrected chi connectivity index (χ4v) is 2.72. The van der Waals surface area contributed by atoms with Crippen LogP contribution in [-0.4, -0.2) is 52.0 Å². The maximum absolute atomic E-state index is 12.1. The lowest BCUT2D eigenvalue weighted by atomic mass is 10.2. The lowest BCUT2D eigenvalue weighted by molar-refractivity contribution is -0.142. The van der Waals surface area contributed by atoms with Crippen molar-refractivity contribution in [2.75, 3.05) is 19.1 Å². The van der Waals surface area contributed by atoms with Crippen molar-refractivity contribution in [3.63, 3.8) is 0 Å². The average molecular weight is 374 g/mol. The summed E-state index contributed by atoms with van der Waals surface area (Å²) < 4.78 is 6.31. The van der Waals surface area contributed by atoms with E-state index in [-0.39, 0.29) is 22.1 Å². The number of methoxy groups -OCH3 is 1. The molecule has 1 atom stereocenters. The van der Waals surface area contributed by atoms with Crippen LogP contribution < -0.4 is 5.56 Å². The normalized spacial score (nSPS) is 12.7. The zero-order valence-electron chi connectivity index (χ0n) is 14.2. The summed E-state index contributed by atoms with van der Waals surface area (Å²) in [5.41, 5.74) is -0.572. The SMILES string of the molecule is COC(=O)[C@H](CCSC)N=Cc1c(O)n(CC(C)C)c(=S)[nH]c1=O. The van der Waals surface area contributed by atoms with E-state index in [1.165, 1.54) is 17.9 Å². The standard InChI is InChI=1S/C15H23N3O4S2/c1-9(2)8-18-13(20)10(12(19)17-15(18)23)7-16-11(5-6-24-4)14(21)22-3/h7,9,11,20H,5-6,8H2,1-4H3,(H,17,19,23)/t11-/m0/s1. The van der Waals surface area contributed by atoms with Crippen molar-refractivity contribution < 1.29 is 14.6 Å². The number of nitrogens with one attached hydrogen (secondary N) is 1. The highest BCUT2D eigenvalue weighted by atomic mass is 32.2. The molecule has 0 aliphatic rings. The van der Waals surface area contributed by atoms with E-state index >= 15 is 0 Å². The smallest absolute Gasteiger partial charge is 0.330 e. The summed E-state index contributed by atoms with van der Waals surface area (Å²) in [4.78, 5) is 30.5. The van der Waals surface area contributed by atoms with E-state index in [0.29, 0.717) is 13.0 Å². The fraction of sp³-hybridized carbons (Fsp3) is 0.600. The zero-order valence-corrected chi connectivity index (χ0v) is 15.9. The van der Waals surface area contributed by atoms with E-state index < -0.39 is 17.6 Å². The molecule has 1 aromatic rings. The van der Waals surface area contributed by atoms with Gasteiger partial charge in [0.05, 0.1) is 7.11 Å². The van der Waals surface area contributed by atoms with Crippen molar-refractivity contribution in [3.05, 3.63) is 20.7 Å². The number of aromatic hydroxyl groups is 1. The number of aromatic nitrogens is 2. The number of hydrogen-bond acceptors (Lipinski definition) is 7. The molecule has 0 bridgehead atoms. The minimum Gasteiger partial charge on any atom is -0.494 e. The first-order valence-electron chi connectivity index (χ1n) is 7.47. The van der Waals surface area contributed by atoms with Crippen LogP contribution >= 0.6 is 24.0 Å². The van der Waals surface area contributed by atoms with Gasteiger partial charge >= 0.3 is 5.97 Å². The lowest BCUT2D eigenvalue weighted by Crippen LogP contribution is -2.23. The molecule has 0 saturated carbocycles. The summed E-state index contributed by atoms with van der Waals surface area (Å²) in [6, 6.07) is -0.719. The molecule has 9 heteroatoms. The highest BCUT2D eigenvalue weighted by Crippen LogP contribution is 2.14. The molecular formula is C15H23N3O4S2. The summed E-state index contributed by atoms with van der Waals surface area (Å²) in [5, 5.41) is 10.3. The van der Waals surface area contributed by atoms with Crippen molar-refractivity contribution in [2.24, 2.45) is 10.9 Å². The molecule has 1 heterocycles. The van der Waals surface area contributed by atoms with Gasteiger partial charge in [-0.05, 0) is 36.6 Å². The third-order valence-corrected chi connectivity index (χ3v) is 4.17. The predicted molar refractivity (Wildman–Crippen MR) is 98.8 cm³/mol. The van der Waals surface area contributed by atoms with Gasteiger partial charge < -0.3 is 9.84 Å². The Bertz CT molecular complexity index is 710. The minimum atomic E-state index is -0.719. The van der Waals surface area contributed by atoms with Crippen molar-refractivity contribution in [1.82, 2.24) is 9.55 Å². The Morgan fingerprint density at radius 2 is 2.21 bits per heavy atom. The number of carbonyl (C=O) groups is 1. The van der Waals surface area contributed by atoms with Crippen LogP contribution in [0.1, 0.15) is 25.8 Å². The molecule has 0 aromatic carbocycles. The highest BCUT2D eigenvalue weighted by molar-refractivity contribution is 7.98. The molecular weight excluding hydrogens is 350 g/mol. The Kier molecular flexibility index (Phi) is 8.20. The van der Waals surface area contributed by atoms with Crippen molar-refractivity contribution >= 4 is 36.2 Å². The molecule has 0 radical (unpaired) electrons. The van der Waals surface area contributed by atoms with Gasteiger partial charge in [0.25, 0.3) is 5.56 Å². The number of ether oxygens (including phenoxy) is 1. The van der Waals surface area contributed by atoms with Crippen molar-refractivity contribution in [2.45, 2.75) is 32.9 Å². The van der Waals surface area contributed by atoms with Gasteiger partial charge in [0.2, 0.25) is 5.88 Å². The monoisotopic (exact) mass is 373 g/mol. The lowest BCUT2D eigenvalue weighted by Gasteiger charge is -2.13. The number of hydrogen-bond donors (Lipinski definition) is 2. The minimum absolute atomic E-state index is 0.0256. The Morgan fingerprint density at radius 3 is 2.75 bits per heavy atom. The van der Waals surface area contributed by atoms with E-state index in [1.54, 1.807) is 11.8 Å². The molecule has 134 valence electrons. The van der Waals surface area contributed by atoms with Crippen molar-refractivity contribution in [1.29, 1.82) is 0 Å². The van der Waals surface area contributed by atoms with Crippen LogP contribution in [0.5, 0.6) is 5.88 Å². The molecule has 0 aliphatic carbocycles. The van der Waals surface area contributed by atoms with Gasteiger partial charge in [0.15, 0.2) is 4.77 Å². The second-order valence-corrected chi connectivity index (χ2v) is 6.97. The molecule has 24 heavy (non-hydrogen) atoms. The van der Waals surface area contributed by atoms with Crippen molar-refractivity contribution in [3.8, 4) is 5.88 Å². The van der Waals surface area contributed by atoms with Crippen LogP contribution in [0.25, 0.3) is 0 Å². The van der Waals surface area contributed by atoms with Crippen LogP contribution in [0.3, 0.4) is 0 Å². The molecule has 0 aliphatic heterocycles. The molecule has 0 saturated heterocycles. The maximum Gasteiger partial charge on any atom is 0.330 e. The first-order chi connectivity index (χ1) is 11.3. The van der Waals surface area contributed by atoms with E-state index in [4.69, 9.17) is 17.0 Å². The quantitative estimate of drug-likeness (QED) is 0.411. The van der Waals surface area contributed by atoms with Crippen LogP contribution in [0, 0.1) is 10.7 Å². The van der Waals surface area contributed by atoms with Crippen LogP contribution in [0.15, 0.2) is 9.79 Å². The van der Waals surface area contributed by atoms with Gasteiger partial charge in [-0.15, -0.1) is 0 Å². The van der Waals surface area contributed by atoms with Gasteiger partial charge in [-0.2, -0.15) is 11.8 Å². The number of nitrogens with zero attached hydrogens (tertiary/aromatic N) is 2. The molecule has 7 nitrogen and oxygen atoms in total. The number of aliphatic imine (C=N–C) groups is 1. The zero-order chi connectivity index (χ0) is 18.3.